The van der Waals surface area contributed by atoms with Crippen molar-refractivity contribution in [3.05, 3.63) is 78.2 Å². The molecule has 0 atom stereocenters. The Morgan fingerprint density at radius 3 is 2.11 bits per heavy atom. The van der Waals surface area contributed by atoms with Gasteiger partial charge in [-0.3, -0.25) is 9.35 Å². The largest absolute Gasteiger partial charge is 0.465 e. The molecule has 35 heavy (non-hydrogen) atoms. The van der Waals surface area contributed by atoms with Crippen LogP contribution in [0.3, 0.4) is 0 Å². The van der Waals surface area contributed by atoms with E-state index in [9.17, 15) is 27.4 Å². The Bertz CT molecular complexity index is 1370. The van der Waals surface area contributed by atoms with Crippen LogP contribution in [0.25, 0.3) is 11.1 Å². The van der Waals surface area contributed by atoms with E-state index in [1.54, 1.807) is 30.3 Å². The first kappa shape index (κ1) is 25.4. The SMILES string of the molecule is COC(=O)C1=C(C(=O)OC)N(c2ccc(-c3ccc(NC(C)=O)cc3)cc2S(=O)(=O)O)C=CC=C1. The van der Waals surface area contributed by atoms with Crippen LogP contribution < -0.4 is 10.2 Å². The minimum atomic E-state index is -4.79. The molecule has 0 aliphatic carbocycles. The fraction of sp³-hybridized carbons (Fsp3) is 0.125. The molecular formula is C24H22N2O8S. The summed E-state index contributed by atoms with van der Waals surface area (Å²) in [5.41, 5.74) is 1.00. The first-order chi connectivity index (χ1) is 16.6. The molecule has 1 aliphatic rings. The zero-order valence-corrected chi connectivity index (χ0v) is 19.8. The minimum Gasteiger partial charge on any atom is -0.465 e. The summed E-state index contributed by atoms with van der Waals surface area (Å²) in [5, 5.41) is 2.63. The lowest BCUT2D eigenvalue weighted by Crippen LogP contribution is -2.28. The van der Waals surface area contributed by atoms with Crippen LogP contribution in [0.15, 0.2) is 83.1 Å². The van der Waals surface area contributed by atoms with Crippen molar-refractivity contribution in [1.29, 1.82) is 0 Å². The van der Waals surface area contributed by atoms with Gasteiger partial charge < -0.3 is 19.7 Å². The van der Waals surface area contributed by atoms with Gasteiger partial charge in [-0.2, -0.15) is 8.42 Å². The highest BCUT2D eigenvalue weighted by molar-refractivity contribution is 7.86. The van der Waals surface area contributed by atoms with Crippen molar-refractivity contribution in [1.82, 2.24) is 0 Å². The van der Waals surface area contributed by atoms with Crippen molar-refractivity contribution in [2.75, 3.05) is 24.4 Å². The van der Waals surface area contributed by atoms with Gasteiger partial charge in [0.1, 0.15) is 10.6 Å². The molecular weight excluding hydrogens is 476 g/mol. The van der Waals surface area contributed by atoms with Crippen molar-refractivity contribution < 1.29 is 36.8 Å². The summed E-state index contributed by atoms with van der Waals surface area (Å²) in [7, 11) is -2.55. The number of ether oxygens (including phenoxy) is 2. The van der Waals surface area contributed by atoms with Crippen LogP contribution in [-0.4, -0.2) is 45.0 Å². The molecule has 0 unspecified atom stereocenters. The van der Waals surface area contributed by atoms with E-state index in [-0.39, 0.29) is 22.9 Å². The number of rotatable bonds is 6. The van der Waals surface area contributed by atoms with Gasteiger partial charge in [0.05, 0.1) is 25.5 Å². The van der Waals surface area contributed by atoms with E-state index in [0.717, 1.165) is 19.1 Å². The van der Waals surface area contributed by atoms with Gasteiger partial charge in [-0.1, -0.05) is 24.3 Å². The Morgan fingerprint density at radius 1 is 0.914 bits per heavy atom. The number of amides is 1. The van der Waals surface area contributed by atoms with Crippen molar-refractivity contribution in [2.45, 2.75) is 11.8 Å². The van der Waals surface area contributed by atoms with Crippen molar-refractivity contribution >= 4 is 39.3 Å². The first-order valence-electron chi connectivity index (χ1n) is 10.1. The van der Waals surface area contributed by atoms with E-state index < -0.39 is 27.0 Å². The summed E-state index contributed by atoms with van der Waals surface area (Å²) < 4.78 is 44.4. The molecule has 2 N–H and O–H groups in total. The third-order valence-corrected chi connectivity index (χ3v) is 5.81. The molecule has 0 radical (unpaired) electrons. The van der Waals surface area contributed by atoms with Crippen LogP contribution in [0.1, 0.15) is 6.92 Å². The second kappa shape index (κ2) is 10.4. The monoisotopic (exact) mass is 498 g/mol. The lowest BCUT2D eigenvalue weighted by Gasteiger charge is -2.25. The smallest absolute Gasteiger partial charge is 0.355 e. The normalized spacial score (nSPS) is 13.3. The third kappa shape index (κ3) is 5.65. The highest BCUT2D eigenvalue weighted by atomic mass is 32.2. The number of allylic oxidation sites excluding steroid dienone is 2. The number of benzene rings is 2. The molecule has 10 nitrogen and oxygen atoms in total. The van der Waals surface area contributed by atoms with E-state index >= 15 is 0 Å². The zero-order valence-electron chi connectivity index (χ0n) is 19.0. The minimum absolute atomic E-state index is 0.104. The van der Waals surface area contributed by atoms with E-state index in [4.69, 9.17) is 9.47 Å². The van der Waals surface area contributed by atoms with Gasteiger partial charge in [-0.25, -0.2) is 9.59 Å². The predicted octanol–water partition coefficient (Wildman–Crippen LogP) is 3.05. The fourth-order valence-electron chi connectivity index (χ4n) is 3.40. The molecule has 1 aliphatic heterocycles. The van der Waals surface area contributed by atoms with Crippen molar-refractivity contribution in [3.63, 3.8) is 0 Å². The van der Waals surface area contributed by atoms with Gasteiger partial charge in [-0.15, -0.1) is 0 Å². The molecule has 2 aromatic rings. The van der Waals surface area contributed by atoms with Crippen LogP contribution in [0.4, 0.5) is 11.4 Å². The van der Waals surface area contributed by atoms with Crippen LogP contribution in [0, 0.1) is 0 Å². The topological polar surface area (TPSA) is 139 Å². The number of methoxy groups -OCH3 is 2. The number of carbonyl (C=O) groups is 3. The molecule has 11 heteroatoms. The molecule has 1 heterocycles. The van der Waals surface area contributed by atoms with Crippen LogP contribution in [0.5, 0.6) is 0 Å². The second-order valence-corrected chi connectivity index (χ2v) is 8.62. The van der Waals surface area contributed by atoms with Crippen LogP contribution >= 0.6 is 0 Å². The maximum atomic E-state index is 12.7. The van der Waals surface area contributed by atoms with Crippen LogP contribution in [-0.2, 0) is 34.0 Å². The number of hydrogen-bond acceptors (Lipinski definition) is 8. The van der Waals surface area contributed by atoms with Gasteiger partial charge in [0.25, 0.3) is 10.1 Å². The standard InChI is InChI=1S/C24H22N2O8S/c1-15(27)25-18-10-7-16(8-11-18)17-9-12-20(21(14-17)35(30,31)32)26-13-5-4-6-19(23(28)33-2)22(26)24(29)34-3/h4-14H,1-3H3,(H,25,27)(H,30,31,32). The maximum absolute atomic E-state index is 12.7. The van der Waals surface area contributed by atoms with Gasteiger partial charge in [-0.05, 0) is 47.5 Å². The summed E-state index contributed by atoms with van der Waals surface area (Å²) in [6, 6.07) is 10.8. The van der Waals surface area contributed by atoms with E-state index in [0.29, 0.717) is 16.8 Å². The molecule has 0 aromatic heterocycles. The zero-order chi connectivity index (χ0) is 25.8. The molecule has 0 bridgehead atoms. The van der Waals surface area contributed by atoms with Crippen LogP contribution in [0.2, 0.25) is 0 Å². The second-order valence-electron chi connectivity index (χ2n) is 7.23. The lowest BCUT2D eigenvalue weighted by atomic mass is 10.0. The predicted molar refractivity (Wildman–Crippen MR) is 128 cm³/mol. The van der Waals surface area contributed by atoms with Crippen molar-refractivity contribution in [3.8, 4) is 11.1 Å². The van der Waals surface area contributed by atoms with Gasteiger partial charge in [0.2, 0.25) is 5.91 Å². The molecule has 1 amide bonds. The first-order valence-corrected chi connectivity index (χ1v) is 11.6. The van der Waals surface area contributed by atoms with E-state index in [1.807, 2.05) is 0 Å². The van der Waals surface area contributed by atoms with Gasteiger partial charge in [0, 0.05) is 18.8 Å². The Morgan fingerprint density at radius 2 is 1.54 bits per heavy atom. The summed E-state index contributed by atoms with van der Waals surface area (Å²) in [6.07, 6.45) is 5.62. The Hall–Kier alpha value is -4.22. The van der Waals surface area contributed by atoms with Crippen molar-refractivity contribution in [2.24, 2.45) is 0 Å². The molecule has 0 fully saturated rings. The molecule has 0 spiro atoms. The third-order valence-electron chi connectivity index (χ3n) is 4.93. The Labute approximate surface area is 201 Å². The summed E-state index contributed by atoms with van der Waals surface area (Å²) in [6.45, 7) is 1.38. The number of nitrogens with one attached hydrogen (secondary N) is 1. The summed E-state index contributed by atoms with van der Waals surface area (Å²) in [4.78, 5) is 36.9. The molecule has 0 saturated heterocycles. The van der Waals surface area contributed by atoms with Gasteiger partial charge in [0.15, 0.2) is 0 Å². The quantitative estimate of drug-likeness (QED) is 0.454. The Kier molecular flexibility index (Phi) is 7.52. The van der Waals surface area contributed by atoms with E-state index in [1.165, 1.54) is 43.5 Å². The number of esters is 2. The fourth-order valence-corrected chi connectivity index (χ4v) is 4.11. The number of nitrogens with zero attached hydrogens (tertiary/aromatic N) is 1. The highest BCUT2D eigenvalue weighted by Gasteiger charge is 2.30. The molecule has 0 saturated carbocycles. The summed E-state index contributed by atoms with van der Waals surface area (Å²) in [5.74, 6) is -2.02. The summed E-state index contributed by atoms with van der Waals surface area (Å²) >= 11 is 0. The maximum Gasteiger partial charge on any atom is 0.355 e. The molecule has 2 aromatic carbocycles. The Balaban J connectivity index is 2.19. The van der Waals surface area contributed by atoms with E-state index in [2.05, 4.69) is 5.32 Å². The lowest BCUT2D eigenvalue weighted by molar-refractivity contribution is -0.139. The number of hydrogen-bond donors (Lipinski definition) is 2. The average Bonchev–Trinajstić information content (AvgIpc) is 3.05. The number of carbonyl (C=O) groups excluding carboxylic acids is 3. The average molecular weight is 499 g/mol. The highest BCUT2D eigenvalue weighted by Crippen LogP contribution is 2.35. The van der Waals surface area contributed by atoms with Gasteiger partial charge >= 0.3 is 11.9 Å². The molecule has 182 valence electrons. The number of anilines is 2. The molecule has 3 rings (SSSR count).